The molecule has 0 saturated heterocycles. The van der Waals surface area contributed by atoms with Crippen molar-refractivity contribution in [3.63, 3.8) is 0 Å². The SMILES string of the molecule is CCOC(=O)c1cncc(Cc2cc(Cl)c(Cc3ccc[nH]c3=O)cc2Cl)c1. The molecule has 144 valence electrons. The molecule has 0 spiro atoms. The van der Waals surface area contributed by atoms with Crippen LogP contribution < -0.4 is 5.56 Å². The highest BCUT2D eigenvalue weighted by Gasteiger charge is 2.12. The molecule has 0 unspecified atom stereocenters. The van der Waals surface area contributed by atoms with Crippen molar-refractivity contribution in [3.05, 3.63) is 97.1 Å². The Balaban J connectivity index is 1.83. The van der Waals surface area contributed by atoms with E-state index in [1.165, 1.54) is 6.20 Å². The maximum absolute atomic E-state index is 11.9. The van der Waals surface area contributed by atoms with Gasteiger partial charge in [0, 0.05) is 47.0 Å². The lowest BCUT2D eigenvalue weighted by atomic mass is 10.0. The zero-order chi connectivity index (χ0) is 20.1. The zero-order valence-corrected chi connectivity index (χ0v) is 16.7. The van der Waals surface area contributed by atoms with Crippen LogP contribution in [0, 0.1) is 0 Å². The Morgan fingerprint density at radius 1 is 1.07 bits per heavy atom. The van der Waals surface area contributed by atoms with Gasteiger partial charge >= 0.3 is 5.97 Å². The summed E-state index contributed by atoms with van der Waals surface area (Å²) in [6.07, 6.45) is 5.57. The third kappa shape index (κ3) is 4.80. The number of nitrogens with zero attached hydrogens (tertiary/aromatic N) is 1. The molecule has 28 heavy (non-hydrogen) atoms. The van der Waals surface area contributed by atoms with Crippen LogP contribution in [-0.2, 0) is 17.6 Å². The van der Waals surface area contributed by atoms with Gasteiger partial charge < -0.3 is 9.72 Å². The van der Waals surface area contributed by atoms with Crippen LogP contribution >= 0.6 is 23.2 Å². The minimum absolute atomic E-state index is 0.152. The van der Waals surface area contributed by atoms with Crippen LogP contribution in [0.4, 0.5) is 0 Å². The van der Waals surface area contributed by atoms with Crippen LogP contribution in [-0.4, -0.2) is 22.5 Å². The number of H-pyrrole nitrogens is 1. The smallest absolute Gasteiger partial charge is 0.339 e. The first kappa shape index (κ1) is 20.1. The van der Waals surface area contributed by atoms with E-state index in [0.717, 1.165) is 16.7 Å². The van der Waals surface area contributed by atoms with Gasteiger partial charge in [0.25, 0.3) is 5.56 Å². The lowest BCUT2D eigenvalue weighted by Crippen LogP contribution is -2.11. The normalized spacial score (nSPS) is 10.7. The van der Waals surface area contributed by atoms with Gasteiger partial charge in [0.05, 0.1) is 12.2 Å². The molecular weight excluding hydrogens is 399 g/mol. The Morgan fingerprint density at radius 3 is 2.46 bits per heavy atom. The first-order valence-corrected chi connectivity index (χ1v) is 9.48. The van der Waals surface area contributed by atoms with Gasteiger partial charge in [-0.1, -0.05) is 29.3 Å². The van der Waals surface area contributed by atoms with Crippen molar-refractivity contribution < 1.29 is 9.53 Å². The second-order valence-corrected chi connectivity index (χ2v) is 7.03. The Hall–Kier alpha value is -2.63. The number of ether oxygens (including phenoxy) is 1. The monoisotopic (exact) mass is 416 g/mol. The minimum atomic E-state index is -0.413. The largest absolute Gasteiger partial charge is 0.462 e. The topological polar surface area (TPSA) is 72.0 Å². The predicted octanol–water partition coefficient (Wildman–Crippen LogP) is 4.44. The average molecular weight is 417 g/mol. The number of benzene rings is 1. The molecule has 0 aliphatic carbocycles. The maximum Gasteiger partial charge on any atom is 0.339 e. The fourth-order valence-corrected chi connectivity index (χ4v) is 3.34. The maximum atomic E-state index is 11.9. The highest BCUT2D eigenvalue weighted by Crippen LogP contribution is 2.28. The summed E-state index contributed by atoms with van der Waals surface area (Å²) in [5.41, 5.74) is 3.24. The lowest BCUT2D eigenvalue weighted by molar-refractivity contribution is 0.0525. The van der Waals surface area contributed by atoms with E-state index in [0.29, 0.717) is 40.6 Å². The third-order valence-electron chi connectivity index (χ3n) is 4.20. The van der Waals surface area contributed by atoms with Crippen LogP contribution in [0.25, 0.3) is 0 Å². The van der Waals surface area contributed by atoms with E-state index in [1.807, 2.05) is 0 Å². The fraction of sp³-hybridized carbons (Fsp3) is 0.190. The van der Waals surface area contributed by atoms with Crippen LogP contribution in [0.1, 0.15) is 39.5 Å². The van der Waals surface area contributed by atoms with Gasteiger partial charge in [-0.25, -0.2) is 4.79 Å². The molecule has 3 aromatic rings. The number of rotatable bonds is 6. The second kappa shape index (κ2) is 9.04. The van der Waals surface area contributed by atoms with Gasteiger partial charge in [-0.15, -0.1) is 0 Å². The number of halogens is 2. The van der Waals surface area contributed by atoms with Crippen molar-refractivity contribution >= 4 is 29.2 Å². The molecule has 5 nitrogen and oxygen atoms in total. The molecule has 1 N–H and O–H groups in total. The lowest BCUT2D eigenvalue weighted by Gasteiger charge is -2.11. The molecule has 0 aliphatic heterocycles. The molecule has 2 aromatic heterocycles. The number of aromatic nitrogens is 2. The number of hydrogen-bond donors (Lipinski definition) is 1. The Kier molecular flexibility index (Phi) is 6.49. The summed E-state index contributed by atoms with van der Waals surface area (Å²) < 4.78 is 5.00. The van der Waals surface area contributed by atoms with E-state index in [4.69, 9.17) is 27.9 Å². The van der Waals surface area contributed by atoms with Gasteiger partial charge in [-0.2, -0.15) is 0 Å². The molecule has 0 bridgehead atoms. The standard InChI is InChI=1S/C21H18Cl2N2O3/c1-2-28-21(27)17-7-13(11-24-12-17)6-15-9-19(23)16(10-18(15)22)8-14-4-3-5-25-20(14)26/h3-5,7,9-12H,2,6,8H2,1H3,(H,25,26). The Morgan fingerprint density at radius 2 is 1.79 bits per heavy atom. The summed E-state index contributed by atoms with van der Waals surface area (Å²) in [5, 5.41) is 1.06. The number of aromatic amines is 1. The number of nitrogens with one attached hydrogen (secondary N) is 1. The van der Waals surface area contributed by atoms with Crippen molar-refractivity contribution in [2.75, 3.05) is 6.61 Å². The van der Waals surface area contributed by atoms with E-state index >= 15 is 0 Å². The van der Waals surface area contributed by atoms with Crippen molar-refractivity contribution in [2.24, 2.45) is 0 Å². The molecule has 0 fully saturated rings. The highest BCUT2D eigenvalue weighted by atomic mass is 35.5. The number of carbonyl (C=O) groups excluding carboxylic acids is 1. The van der Waals surface area contributed by atoms with Gasteiger partial charge in [-0.3, -0.25) is 9.78 Å². The molecular formula is C21H18Cl2N2O3. The summed E-state index contributed by atoms with van der Waals surface area (Å²) in [5.74, 6) is -0.413. The first-order valence-electron chi connectivity index (χ1n) is 8.72. The predicted molar refractivity (Wildman–Crippen MR) is 109 cm³/mol. The molecule has 7 heteroatoms. The van der Waals surface area contributed by atoms with Crippen LogP contribution in [0.5, 0.6) is 0 Å². The fourth-order valence-electron chi connectivity index (χ4n) is 2.83. The van der Waals surface area contributed by atoms with Gasteiger partial charge in [0.15, 0.2) is 0 Å². The van der Waals surface area contributed by atoms with E-state index in [2.05, 4.69) is 9.97 Å². The summed E-state index contributed by atoms with van der Waals surface area (Å²) in [6, 6.07) is 8.81. The van der Waals surface area contributed by atoms with E-state index in [9.17, 15) is 9.59 Å². The first-order chi connectivity index (χ1) is 13.5. The van der Waals surface area contributed by atoms with Crippen LogP contribution in [0.3, 0.4) is 0 Å². The molecule has 0 radical (unpaired) electrons. The molecule has 0 amide bonds. The van der Waals surface area contributed by atoms with Crippen molar-refractivity contribution in [1.82, 2.24) is 9.97 Å². The van der Waals surface area contributed by atoms with Gasteiger partial charge in [0.2, 0.25) is 0 Å². The summed E-state index contributed by atoms with van der Waals surface area (Å²) in [4.78, 5) is 30.5. The van der Waals surface area contributed by atoms with Crippen LogP contribution in [0.2, 0.25) is 10.0 Å². The van der Waals surface area contributed by atoms with Gasteiger partial charge in [-0.05, 0) is 47.9 Å². The van der Waals surface area contributed by atoms with Crippen molar-refractivity contribution in [1.29, 1.82) is 0 Å². The Labute approximate surface area is 172 Å². The quantitative estimate of drug-likeness (QED) is 0.603. The van der Waals surface area contributed by atoms with E-state index in [1.54, 1.807) is 49.6 Å². The van der Waals surface area contributed by atoms with E-state index < -0.39 is 5.97 Å². The number of carbonyl (C=O) groups is 1. The number of pyridine rings is 2. The molecule has 1 aromatic carbocycles. The molecule has 2 heterocycles. The second-order valence-electron chi connectivity index (χ2n) is 6.22. The molecule has 3 rings (SSSR count). The molecule has 0 aliphatic rings. The van der Waals surface area contributed by atoms with E-state index in [-0.39, 0.29) is 5.56 Å². The summed E-state index contributed by atoms with van der Waals surface area (Å²) in [6.45, 7) is 2.05. The summed E-state index contributed by atoms with van der Waals surface area (Å²) >= 11 is 12.9. The highest BCUT2D eigenvalue weighted by molar-refractivity contribution is 6.34. The minimum Gasteiger partial charge on any atom is -0.462 e. The van der Waals surface area contributed by atoms with Crippen LogP contribution in [0.15, 0.2) is 53.7 Å². The van der Waals surface area contributed by atoms with Gasteiger partial charge in [0.1, 0.15) is 0 Å². The third-order valence-corrected chi connectivity index (χ3v) is 4.90. The Bertz CT molecular complexity index is 1060. The van der Waals surface area contributed by atoms with Crippen molar-refractivity contribution in [3.8, 4) is 0 Å². The van der Waals surface area contributed by atoms with Crippen molar-refractivity contribution in [2.45, 2.75) is 19.8 Å². The molecule has 0 atom stereocenters. The number of hydrogen-bond acceptors (Lipinski definition) is 4. The average Bonchev–Trinajstić information content (AvgIpc) is 2.68. The summed E-state index contributed by atoms with van der Waals surface area (Å²) in [7, 11) is 0. The molecule has 0 saturated carbocycles. The zero-order valence-electron chi connectivity index (χ0n) is 15.2. The number of esters is 1.